The molecule has 2 rings (SSSR count). The molecular formula is C28H46N2O5. The van der Waals surface area contributed by atoms with Crippen LogP contribution in [0.2, 0.25) is 0 Å². The summed E-state index contributed by atoms with van der Waals surface area (Å²) in [6.07, 6.45) is 3.17. The number of amides is 2. The highest BCUT2D eigenvalue weighted by Gasteiger charge is 2.48. The van der Waals surface area contributed by atoms with Crippen LogP contribution in [0.4, 0.5) is 4.79 Å². The van der Waals surface area contributed by atoms with Crippen molar-refractivity contribution in [3.05, 3.63) is 23.3 Å². The zero-order valence-electron chi connectivity index (χ0n) is 23.0. The first-order chi connectivity index (χ1) is 16.6. The third kappa shape index (κ3) is 7.21. The third-order valence-electron chi connectivity index (χ3n) is 6.96. The number of likely N-dealkylation sites (N-methyl/N-ethyl adjacent to an activating group) is 1. The molecule has 0 heterocycles. The highest BCUT2D eigenvalue weighted by molar-refractivity contribution is 5.78. The molecule has 7 nitrogen and oxygen atoms in total. The number of carbonyl (C=O) groups excluding carboxylic acids is 3. The van der Waals surface area contributed by atoms with Crippen LogP contribution in [-0.4, -0.2) is 47.4 Å². The Bertz CT molecular complexity index is 869. The molecule has 1 aromatic rings. The normalized spacial score (nSPS) is 20.7. The Morgan fingerprint density at radius 3 is 2.34 bits per heavy atom. The van der Waals surface area contributed by atoms with Gasteiger partial charge in [0.05, 0.1) is 0 Å². The van der Waals surface area contributed by atoms with E-state index in [1.165, 1.54) is 11.8 Å². The number of carbonyl (C=O) groups is 3. The monoisotopic (exact) mass is 490 g/mol. The minimum Gasteiger partial charge on any atom is -0.504 e. The Balaban J connectivity index is 0.00000298. The van der Waals surface area contributed by atoms with Gasteiger partial charge in [-0.25, -0.2) is 4.79 Å². The van der Waals surface area contributed by atoms with Crippen molar-refractivity contribution in [2.45, 2.75) is 92.9 Å². The quantitative estimate of drug-likeness (QED) is 0.444. The number of nitrogens with one attached hydrogen (secondary N) is 1. The number of nitrogens with zero attached hydrogens (tertiary/aromatic N) is 1. The van der Waals surface area contributed by atoms with Crippen LogP contribution in [0.15, 0.2) is 12.1 Å². The number of ether oxygens (including phenoxy) is 1. The first kappa shape index (κ1) is 30.5. The van der Waals surface area contributed by atoms with Gasteiger partial charge in [0.1, 0.15) is 5.78 Å². The molecule has 1 aromatic carbocycles. The molecule has 0 spiro atoms. The Morgan fingerprint density at radius 1 is 1.17 bits per heavy atom. The topological polar surface area (TPSA) is 95.9 Å². The summed E-state index contributed by atoms with van der Waals surface area (Å²) in [6.45, 7) is 16.4. The van der Waals surface area contributed by atoms with E-state index >= 15 is 0 Å². The lowest BCUT2D eigenvalue weighted by molar-refractivity contribution is -0.120. The van der Waals surface area contributed by atoms with Crippen LogP contribution in [0.5, 0.6) is 11.5 Å². The van der Waals surface area contributed by atoms with Crippen molar-refractivity contribution in [3.8, 4) is 11.5 Å². The molecule has 3 unspecified atom stereocenters. The number of phenols is 1. The number of phenolic OH excluding ortho intramolecular Hbond substituents is 1. The zero-order valence-corrected chi connectivity index (χ0v) is 23.0. The summed E-state index contributed by atoms with van der Waals surface area (Å²) in [5, 5.41) is 14.1. The number of aromatic hydroxyl groups is 1. The largest absolute Gasteiger partial charge is 0.504 e. The molecule has 3 atom stereocenters. The van der Waals surface area contributed by atoms with Crippen LogP contribution in [0.3, 0.4) is 0 Å². The van der Waals surface area contributed by atoms with Crippen LogP contribution in [0.25, 0.3) is 0 Å². The van der Waals surface area contributed by atoms with Gasteiger partial charge in [-0.1, -0.05) is 53.5 Å². The second-order valence-electron chi connectivity index (χ2n) is 9.36. The number of rotatable bonds is 10. The molecule has 0 aliphatic heterocycles. The lowest BCUT2D eigenvalue weighted by Crippen LogP contribution is -2.45. The van der Waals surface area contributed by atoms with Crippen molar-refractivity contribution in [3.63, 3.8) is 0 Å². The fraction of sp³-hybridized carbons (Fsp3) is 0.679. The second-order valence-corrected chi connectivity index (χ2v) is 9.36. The number of fused-ring (bicyclic) bond motifs is 1. The van der Waals surface area contributed by atoms with E-state index < -0.39 is 11.5 Å². The highest BCUT2D eigenvalue weighted by atomic mass is 16.6. The molecule has 0 bridgehead atoms. The summed E-state index contributed by atoms with van der Waals surface area (Å²) in [5.41, 5.74) is 1.32. The molecule has 0 saturated carbocycles. The van der Waals surface area contributed by atoms with E-state index in [2.05, 4.69) is 26.1 Å². The van der Waals surface area contributed by atoms with Gasteiger partial charge in [-0.2, -0.15) is 0 Å². The van der Waals surface area contributed by atoms with Gasteiger partial charge in [-0.15, -0.1) is 0 Å². The highest BCUT2D eigenvalue weighted by Crippen LogP contribution is 2.55. The lowest BCUT2D eigenvalue weighted by atomic mass is 9.55. The van der Waals surface area contributed by atoms with E-state index in [0.29, 0.717) is 32.0 Å². The Hall–Kier alpha value is -2.57. The molecule has 0 aromatic heterocycles. The SMILES string of the molecule is CC.CCCC1(CC(C)=O)c2c(ccc(OC(=O)N(CC)CCNC(C)=O)c2O)CC(C)C1CC. The average Bonchev–Trinajstić information content (AvgIpc) is 2.79. The molecule has 0 saturated heterocycles. The fourth-order valence-corrected chi connectivity index (χ4v) is 5.85. The smallest absolute Gasteiger partial charge is 0.415 e. The maximum Gasteiger partial charge on any atom is 0.415 e. The lowest BCUT2D eigenvalue weighted by Gasteiger charge is -2.49. The number of hydrogen-bond acceptors (Lipinski definition) is 5. The van der Waals surface area contributed by atoms with Crippen LogP contribution in [0.1, 0.15) is 92.2 Å². The number of ketones is 1. The van der Waals surface area contributed by atoms with Crippen molar-refractivity contribution in [2.24, 2.45) is 11.8 Å². The van der Waals surface area contributed by atoms with Crippen molar-refractivity contribution in [2.75, 3.05) is 19.6 Å². The summed E-state index contributed by atoms with van der Waals surface area (Å²) in [7, 11) is 0. The number of Topliss-reactive ketones (excluding diaryl/α,β-unsaturated/α-hetero) is 1. The van der Waals surface area contributed by atoms with Crippen LogP contribution in [0, 0.1) is 11.8 Å². The van der Waals surface area contributed by atoms with Gasteiger partial charge in [-0.05, 0) is 50.2 Å². The van der Waals surface area contributed by atoms with Gasteiger partial charge in [-0.3, -0.25) is 9.59 Å². The van der Waals surface area contributed by atoms with Gasteiger partial charge < -0.3 is 20.1 Å². The van der Waals surface area contributed by atoms with E-state index in [4.69, 9.17) is 4.74 Å². The minimum atomic E-state index is -0.581. The van der Waals surface area contributed by atoms with Gasteiger partial charge >= 0.3 is 6.09 Å². The second kappa shape index (κ2) is 14.1. The Morgan fingerprint density at radius 2 is 1.83 bits per heavy atom. The summed E-state index contributed by atoms with van der Waals surface area (Å²) in [5.74, 6) is 0.646. The van der Waals surface area contributed by atoms with E-state index in [1.54, 1.807) is 13.0 Å². The summed E-state index contributed by atoms with van der Waals surface area (Å²) >= 11 is 0. The van der Waals surface area contributed by atoms with Gasteiger partial charge in [0.15, 0.2) is 11.5 Å². The van der Waals surface area contributed by atoms with E-state index in [9.17, 15) is 19.5 Å². The first-order valence-corrected chi connectivity index (χ1v) is 13.2. The summed E-state index contributed by atoms with van der Waals surface area (Å²) in [6, 6.07) is 3.58. The van der Waals surface area contributed by atoms with Crippen molar-refractivity contribution >= 4 is 17.8 Å². The minimum absolute atomic E-state index is 0.0289. The van der Waals surface area contributed by atoms with Crippen molar-refractivity contribution < 1.29 is 24.2 Å². The van der Waals surface area contributed by atoms with Gasteiger partial charge in [0, 0.05) is 44.0 Å². The third-order valence-corrected chi connectivity index (χ3v) is 6.96. The van der Waals surface area contributed by atoms with E-state index in [0.717, 1.165) is 36.8 Å². The average molecular weight is 491 g/mol. The Kier molecular flexibility index (Phi) is 12.3. The van der Waals surface area contributed by atoms with E-state index in [1.807, 2.05) is 26.8 Å². The van der Waals surface area contributed by atoms with Crippen LogP contribution >= 0.6 is 0 Å². The molecule has 2 N–H and O–H groups in total. The first-order valence-electron chi connectivity index (χ1n) is 13.2. The molecule has 2 amide bonds. The standard InChI is InChI=1S/C26H40N2O5.C2H6/c1-7-12-26(16-18(5)29)21(8-2)17(4)15-20-10-11-22(24(31)23(20)26)33-25(32)28(9-3)14-13-27-19(6)30;1-2/h10-11,17,21,31H,7-9,12-16H2,1-6H3,(H,27,30);1-2H3. The van der Waals surface area contributed by atoms with Gasteiger partial charge in [0.25, 0.3) is 0 Å². The summed E-state index contributed by atoms with van der Waals surface area (Å²) < 4.78 is 5.63. The number of hydrogen-bond donors (Lipinski definition) is 2. The van der Waals surface area contributed by atoms with Gasteiger partial charge in [0.2, 0.25) is 5.91 Å². The zero-order chi connectivity index (χ0) is 26.8. The van der Waals surface area contributed by atoms with Crippen LogP contribution < -0.4 is 10.1 Å². The maximum absolute atomic E-state index is 12.8. The molecule has 1 aliphatic rings. The molecule has 7 heteroatoms. The molecule has 1 aliphatic carbocycles. The predicted molar refractivity (Wildman–Crippen MR) is 140 cm³/mol. The fourth-order valence-electron chi connectivity index (χ4n) is 5.85. The van der Waals surface area contributed by atoms with E-state index in [-0.39, 0.29) is 29.1 Å². The molecular weight excluding hydrogens is 444 g/mol. The molecule has 0 radical (unpaired) electrons. The van der Waals surface area contributed by atoms with Crippen molar-refractivity contribution in [1.29, 1.82) is 0 Å². The number of benzene rings is 1. The molecule has 198 valence electrons. The van der Waals surface area contributed by atoms with Crippen LogP contribution in [-0.2, 0) is 21.4 Å². The molecule has 0 fully saturated rings. The predicted octanol–water partition coefficient (Wildman–Crippen LogP) is 5.61. The molecule has 35 heavy (non-hydrogen) atoms. The van der Waals surface area contributed by atoms with Crippen molar-refractivity contribution in [1.82, 2.24) is 10.2 Å². The maximum atomic E-state index is 12.8. The summed E-state index contributed by atoms with van der Waals surface area (Å²) in [4.78, 5) is 37.8. The Labute approximate surface area is 211 Å².